The summed E-state index contributed by atoms with van der Waals surface area (Å²) in [6, 6.07) is 7.72. The van der Waals surface area contributed by atoms with Gasteiger partial charge in [-0.3, -0.25) is 4.79 Å². The van der Waals surface area contributed by atoms with Gasteiger partial charge < -0.3 is 15.8 Å². The molecule has 0 spiro atoms. The number of anilines is 1. The molecule has 1 aliphatic carbocycles. The van der Waals surface area contributed by atoms with E-state index >= 15 is 0 Å². The van der Waals surface area contributed by atoms with Crippen molar-refractivity contribution in [1.82, 2.24) is 5.32 Å². The van der Waals surface area contributed by atoms with Crippen LogP contribution in [-0.2, 0) is 14.9 Å². The van der Waals surface area contributed by atoms with Crippen molar-refractivity contribution >= 4 is 11.6 Å². The molecule has 0 atom stereocenters. The second-order valence-corrected chi connectivity index (χ2v) is 5.97. The third-order valence-electron chi connectivity index (χ3n) is 4.54. The smallest absolute Gasteiger partial charge is 0.230 e. The van der Waals surface area contributed by atoms with Crippen LogP contribution >= 0.6 is 0 Å². The van der Waals surface area contributed by atoms with Gasteiger partial charge in [0.05, 0.1) is 5.41 Å². The van der Waals surface area contributed by atoms with Crippen molar-refractivity contribution < 1.29 is 9.53 Å². The maximum absolute atomic E-state index is 12.5. The van der Waals surface area contributed by atoms with Gasteiger partial charge >= 0.3 is 0 Å². The first kappa shape index (κ1) is 13.4. The molecule has 1 saturated carbocycles. The molecule has 0 unspecified atom stereocenters. The Morgan fingerprint density at radius 1 is 1.25 bits per heavy atom. The van der Waals surface area contributed by atoms with Gasteiger partial charge in [-0.25, -0.2) is 0 Å². The number of carbonyl (C=O) groups excluding carboxylic acids is 1. The Balaban J connectivity index is 1.60. The zero-order valence-corrected chi connectivity index (χ0v) is 11.7. The summed E-state index contributed by atoms with van der Waals surface area (Å²) in [6.45, 7) is 2.42. The van der Waals surface area contributed by atoms with Gasteiger partial charge in [0.2, 0.25) is 5.91 Å². The van der Waals surface area contributed by atoms with Crippen molar-refractivity contribution in [3.63, 3.8) is 0 Å². The molecule has 2 aliphatic rings. The predicted molar refractivity (Wildman–Crippen MR) is 78.3 cm³/mol. The number of benzene rings is 1. The quantitative estimate of drug-likeness (QED) is 0.823. The molecule has 1 saturated heterocycles. The highest BCUT2D eigenvalue weighted by Crippen LogP contribution is 2.48. The molecular formula is C16H22N2O2. The van der Waals surface area contributed by atoms with Crippen molar-refractivity contribution in [1.29, 1.82) is 0 Å². The van der Waals surface area contributed by atoms with E-state index in [0.717, 1.165) is 56.7 Å². The van der Waals surface area contributed by atoms with Gasteiger partial charge in [0.1, 0.15) is 0 Å². The first-order chi connectivity index (χ1) is 9.71. The molecule has 3 rings (SSSR count). The Hall–Kier alpha value is -1.55. The lowest BCUT2D eigenvalue weighted by Crippen LogP contribution is -2.38. The number of ether oxygens (including phenoxy) is 1. The van der Waals surface area contributed by atoms with Gasteiger partial charge in [0.15, 0.2) is 0 Å². The van der Waals surface area contributed by atoms with Crippen molar-refractivity contribution in [2.24, 2.45) is 5.92 Å². The standard InChI is InChI=1S/C16H22N2O2/c17-14-3-1-13(2-4-14)16(7-8-16)15(19)18-11-12-5-9-20-10-6-12/h1-4,12H,5-11,17H2,(H,18,19). The molecule has 0 aromatic heterocycles. The minimum atomic E-state index is -0.293. The highest BCUT2D eigenvalue weighted by molar-refractivity contribution is 5.91. The maximum Gasteiger partial charge on any atom is 0.230 e. The number of amides is 1. The molecular weight excluding hydrogens is 252 g/mol. The second-order valence-electron chi connectivity index (χ2n) is 5.97. The van der Waals surface area contributed by atoms with Crippen LogP contribution in [-0.4, -0.2) is 25.7 Å². The summed E-state index contributed by atoms with van der Waals surface area (Å²) in [4.78, 5) is 12.5. The molecule has 0 radical (unpaired) electrons. The fourth-order valence-electron chi connectivity index (χ4n) is 2.93. The molecule has 1 aliphatic heterocycles. The van der Waals surface area contributed by atoms with Crippen LogP contribution in [0.1, 0.15) is 31.2 Å². The van der Waals surface area contributed by atoms with Crippen LogP contribution in [0, 0.1) is 5.92 Å². The molecule has 108 valence electrons. The molecule has 0 bridgehead atoms. The lowest BCUT2D eigenvalue weighted by Gasteiger charge is -2.24. The zero-order chi connectivity index (χ0) is 14.0. The summed E-state index contributed by atoms with van der Waals surface area (Å²) in [7, 11) is 0. The predicted octanol–water partition coefficient (Wildman–Crippen LogP) is 1.84. The van der Waals surface area contributed by atoms with Crippen LogP contribution in [0.2, 0.25) is 0 Å². The molecule has 1 aromatic carbocycles. The highest BCUT2D eigenvalue weighted by Gasteiger charge is 2.51. The Labute approximate surface area is 119 Å². The summed E-state index contributed by atoms with van der Waals surface area (Å²) in [5, 5.41) is 3.14. The fraction of sp³-hybridized carbons (Fsp3) is 0.562. The largest absolute Gasteiger partial charge is 0.399 e. The third-order valence-corrected chi connectivity index (χ3v) is 4.54. The molecule has 4 heteroatoms. The number of hydrogen-bond acceptors (Lipinski definition) is 3. The Bertz CT molecular complexity index is 474. The molecule has 2 fully saturated rings. The van der Waals surface area contributed by atoms with E-state index in [1.165, 1.54) is 0 Å². The maximum atomic E-state index is 12.5. The first-order valence-corrected chi connectivity index (χ1v) is 7.43. The van der Waals surface area contributed by atoms with Gasteiger partial charge in [-0.05, 0) is 49.3 Å². The summed E-state index contributed by atoms with van der Waals surface area (Å²) in [6.07, 6.45) is 3.98. The van der Waals surface area contributed by atoms with E-state index in [2.05, 4.69) is 5.32 Å². The van der Waals surface area contributed by atoms with Crippen LogP contribution in [0.4, 0.5) is 5.69 Å². The summed E-state index contributed by atoms with van der Waals surface area (Å²) in [5.74, 6) is 0.740. The molecule has 3 N–H and O–H groups in total. The molecule has 1 heterocycles. The SMILES string of the molecule is Nc1ccc(C2(C(=O)NCC3CCOCC3)CC2)cc1. The van der Waals surface area contributed by atoms with Gasteiger partial charge in [-0.15, -0.1) is 0 Å². The van der Waals surface area contributed by atoms with Gasteiger partial charge in [0.25, 0.3) is 0 Å². The van der Waals surface area contributed by atoms with Crippen molar-refractivity contribution in [3.8, 4) is 0 Å². The first-order valence-electron chi connectivity index (χ1n) is 7.43. The summed E-state index contributed by atoms with van der Waals surface area (Å²) in [5.41, 5.74) is 7.25. The monoisotopic (exact) mass is 274 g/mol. The van der Waals surface area contributed by atoms with E-state index in [1.807, 2.05) is 24.3 Å². The second kappa shape index (κ2) is 5.44. The minimum absolute atomic E-state index is 0.175. The van der Waals surface area contributed by atoms with E-state index in [1.54, 1.807) is 0 Å². The normalized spacial score (nSPS) is 21.4. The van der Waals surface area contributed by atoms with E-state index in [-0.39, 0.29) is 11.3 Å². The number of nitrogens with one attached hydrogen (secondary N) is 1. The minimum Gasteiger partial charge on any atom is -0.399 e. The summed E-state index contributed by atoms with van der Waals surface area (Å²) < 4.78 is 5.34. The van der Waals surface area contributed by atoms with Crippen LogP contribution in [0.5, 0.6) is 0 Å². The van der Waals surface area contributed by atoms with E-state index in [9.17, 15) is 4.79 Å². The summed E-state index contributed by atoms with van der Waals surface area (Å²) >= 11 is 0. The lowest BCUT2D eigenvalue weighted by atomic mass is 9.94. The van der Waals surface area contributed by atoms with Gasteiger partial charge in [-0.1, -0.05) is 12.1 Å². The van der Waals surface area contributed by atoms with E-state index < -0.39 is 0 Å². The fourth-order valence-corrected chi connectivity index (χ4v) is 2.93. The molecule has 20 heavy (non-hydrogen) atoms. The molecule has 1 amide bonds. The topological polar surface area (TPSA) is 64.4 Å². The third kappa shape index (κ3) is 2.66. The average molecular weight is 274 g/mol. The van der Waals surface area contributed by atoms with E-state index in [0.29, 0.717) is 5.92 Å². The zero-order valence-electron chi connectivity index (χ0n) is 11.7. The van der Waals surface area contributed by atoms with Crippen molar-refractivity contribution in [3.05, 3.63) is 29.8 Å². The number of nitrogens with two attached hydrogens (primary N) is 1. The number of carbonyl (C=O) groups is 1. The Morgan fingerprint density at radius 3 is 2.50 bits per heavy atom. The molecule has 4 nitrogen and oxygen atoms in total. The van der Waals surface area contributed by atoms with Crippen molar-refractivity contribution in [2.75, 3.05) is 25.5 Å². The van der Waals surface area contributed by atoms with Crippen LogP contribution in [0.3, 0.4) is 0 Å². The van der Waals surface area contributed by atoms with E-state index in [4.69, 9.17) is 10.5 Å². The van der Waals surface area contributed by atoms with Crippen LogP contribution in [0.25, 0.3) is 0 Å². The average Bonchev–Trinajstić information content (AvgIpc) is 3.28. The van der Waals surface area contributed by atoms with Crippen molar-refractivity contribution in [2.45, 2.75) is 31.1 Å². The number of rotatable bonds is 4. The van der Waals surface area contributed by atoms with Gasteiger partial charge in [-0.2, -0.15) is 0 Å². The van der Waals surface area contributed by atoms with Gasteiger partial charge in [0, 0.05) is 25.4 Å². The Morgan fingerprint density at radius 2 is 1.90 bits per heavy atom. The lowest BCUT2D eigenvalue weighted by molar-refractivity contribution is -0.123. The number of nitrogen functional groups attached to an aromatic ring is 1. The highest BCUT2D eigenvalue weighted by atomic mass is 16.5. The number of hydrogen-bond donors (Lipinski definition) is 2. The molecule has 1 aromatic rings. The van der Waals surface area contributed by atoms with Crippen LogP contribution < -0.4 is 11.1 Å². The van der Waals surface area contributed by atoms with Crippen LogP contribution in [0.15, 0.2) is 24.3 Å². The Kier molecular flexibility index (Phi) is 3.66.